The van der Waals surface area contributed by atoms with E-state index in [0.29, 0.717) is 11.6 Å². The summed E-state index contributed by atoms with van der Waals surface area (Å²) >= 11 is 5.93. The number of para-hydroxylation sites is 1. The summed E-state index contributed by atoms with van der Waals surface area (Å²) in [6.07, 6.45) is 0. The zero-order valence-electron chi connectivity index (χ0n) is 15.3. The third-order valence-electron chi connectivity index (χ3n) is 4.72. The summed E-state index contributed by atoms with van der Waals surface area (Å²) in [6, 6.07) is 13.0. The van der Waals surface area contributed by atoms with Crippen molar-refractivity contribution in [1.29, 1.82) is 0 Å². The smallest absolute Gasteiger partial charge is 0.243 e. The van der Waals surface area contributed by atoms with Gasteiger partial charge in [0.1, 0.15) is 0 Å². The molecule has 3 rings (SSSR count). The third-order valence-corrected chi connectivity index (χ3v) is 4.97. The number of hydrogen-bond acceptors (Lipinski definition) is 4. The maximum absolute atomic E-state index is 12.6. The van der Waals surface area contributed by atoms with Crippen molar-refractivity contribution in [3.63, 3.8) is 0 Å². The minimum absolute atomic E-state index is 0.0730. The van der Waals surface area contributed by atoms with Gasteiger partial charge in [0.15, 0.2) is 0 Å². The van der Waals surface area contributed by atoms with Gasteiger partial charge < -0.3 is 10.6 Å². The lowest BCUT2D eigenvalue weighted by atomic mass is 9.94. The van der Waals surface area contributed by atoms with Gasteiger partial charge in [-0.25, -0.2) is 5.43 Å². The van der Waals surface area contributed by atoms with Crippen molar-refractivity contribution in [2.24, 2.45) is 5.92 Å². The minimum Gasteiger partial charge on any atom is -0.347 e. The van der Waals surface area contributed by atoms with Crippen molar-refractivity contribution in [3.05, 3.63) is 64.2 Å². The number of amides is 2. The predicted molar refractivity (Wildman–Crippen MR) is 106 cm³/mol. The van der Waals surface area contributed by atoms with Crippen molar-refractivity contribution < 1.29 is 9.59 Å². The van der Waals surface area contributed by atoms with E-state index in [4.69, 9.17) is 11.6 Å². The molecular weight excluding hydrogens is 364 g/mol. The Morgan fingerprint density at radius 3 is 2.44 bits per heavy atom. The number of anilines is 1. The van der Waals surface area contributed by atoms with E-state index in [1.807, 2.05) is 44.2 Å². The standard InChI is InChI=1S/C20H23ClN4O2/c1-12-4-3-5-13(2)18(12)24-17(26)11-22-20(27)16-10-23-25-19(16)14-6-8-15(21)9-7-14/h3-9,16,19,23,25H,10-11H2,1-2H3,(H,22,27)(H,24,26). The molecule has 2 amide bonds. The molecule has 0 radical (unpaired) electrons. The summed E-state index contributed by atoms with van der Waals surface area (Å²) < 4.78 is 0. The van der Waals surface area contributed by atoms with Crippen LogP contribution in [-0.2, 0) is 9.59 Å². The van der Waals surface area contributed by atoms with Gasteiger partial charge in [0.25, 0.3) is 0 Å². The number of halogens is 1. The highest BCUT2D eigenvalue weighted by Gasteiger charge is 2.34. The van der Waals surface area contributed by atoms with Gasteiger partial charge >= 0.3 is 0 Å². The van der Waals surface area contributed by atoms with E-state index in [1.165, 1.54) is 0 Å². The highest BCUT2D eigenvalue weighted by molar-refractivity contribution is 6.30. The molecule has 0 spiro atoms. The van der Waals surface area contributed by atoms with Gasteiger partial charge in [-0.1, -0.05) is 41.9 Å². The number of aryl methyl sites for hydroxylation is 2. The van der Waals surface area contributed by atoms with Crippen LogP contribution in [0.4, 0.5) is 5.69 Å². The van der Waals surface area contributed by atoms with Crippen LogP contribution in [0, 0.1) is 19.8 Å². The summed E-state index contributed by atoms with van der Waals surface area (Å²) in [6.45, 7) is 4.29. The number of rotatable bonds is 5. The van der Waals surface area contributed by atoms with Gasteiger partial charge in [0.2, 0.25) is 11.8 Å². The highest BCUT2D eigenvalue weighted by Crippen LogP contribution is 2.26. The first kappa shape index (κ1) is 19.4. The van der Waals surface area contributed by atoms with E-state index in [9.17, 15) is 9.59 Å². The van der Waals surface area contributed by atoms with Gasteiger partial charge in [-0.05, 0) is 42.7 Å². The number of hydrogen-bond donors (Lipinski definition) is 4. The van der Waals surface area contributed by atoms with Crippen molar-refractivity contribution in [2.75, 3.05) is 18.4 Å². The SMILES string of the molecule is Cc1cccc(C)c1NC(=O)CNC(=O)C1CNNC1c1ccc(Cl)cc1. The Bertz CT molecular complexity index is 818. The topological polar surface area (TPSA) is 82.3 Å². The van der Waals surface area contributed by atoms with Crippen LogP contribution >= 0.6 is 11.6 Å². The summed E-state index contributed by atoms with van der Waals surface area (Å²) in [5.74, 6) is -0.744. The highest BCUT2D eigenvalue weighted by atomic mass is 35.5. The molecule has 0 saturated carbocycles. The summed E-state index contributed by atoms with van der Waals surface area (Å²) in [5.41, 5.74) is 9.86. The molecule has 6 nitrogen and oxygen atoms in total. The van der Waals surface area contributed by atoms with Crippen molar-refractivity contribution in [2.45, 2.75) is 19.9 Å². The van der Waals surface area contributed by atoms with Crippen LogP contribution in [0.15, 0.2) is 42.5 Å². The van der Waals surface area contributed by atoms with E-state index < -0.39 is 0 Å². The normalized spacial score (nSPS) is 18.9. The Balaban J connectivity index is 1.58. The summed E-state index contributed by atoms with van der Waals surface area (Å²) in [5, 5.41) is 6.26. The molecule has 0 aromatic heterocycles. The molecule has 2 aromatic carbocycles. The van der Waals surface area contributed by atoms with Gasteiger partial charge in [0.05, 0.1) is 18.5 Å². The quantitative estimate of drug-likeness (QED) is 0.636. The van der Waals surface area contributed by atoms with Crippen molar-refractivity contribution >= 4 is 29.1 Å². The van der Waals surface area contributed by atoms with Crippen LogP contribution in [0.2, 0.25) is 5.02 Å². The fraction of sp³-hybridized carbons (Fsp3) is 0.300. The second kappa shape index (κ2) is 8.52. The molecule has 27 heavy (non-hydrogen) atoms. The van der Waals surface area contributed by atoms with Gasteiger partial charge in [-0.2, -0.15) is 0 Å². The Morgan fingerprint density at radius 2 is 1.78 bits per heavy atom. The Labute approximate surface area is 163 Å². The molecule has 1 aliphatic rings. The van der Waals surface area contributed by atoms with E-state index >= 15 is 0 Å². The second-order valence-corrected chi connectivity index (χ2v) is 7.13. The third kappa shape index (κ3) is 4.66. The van der Waals surface area contributed by atoms with Crippen LogP contribution < -0.4 is 21.5 Å². The number of carbonyl (C=O) groups is 2. The monoisotopic (exact) mass is 386 g/mol. The van der Waals surface area contributed by atoms with Gasteiger partial charge in [-0.3, -0.25) is 15.0 Å². The molecule has 0 aliphatic carbocycles. The minimum atomic E-state index is -0.320. The lowest BCUT2D eigenvalue weighted by Gasteiger charge is -2.18. The first-order chi connectivity index (χ1) is 13.0. The number of benzene rings is 2. The van der Waals surface area contributed by atoms with E-state index in [-0.39, 0.29) is 30.3 Å². The molecule has 142 valence electrons. The lowest BCUT2D eigenvalue weighted by molar-refractivity contribution is -0.127. The first-order valence-electron chi connectivity index (χ1n) is 8.83. The van der Waals surface area contributed by atoms with Gasteiger partial charge in [-0.15, -0.1) is 0 Å². The molecule has 1 saturated heterocycles. The Morgan fingerprint density at radius 1 is 1.11 bits per heavy atom. The van der Waals surface area contributed by atoms with Crippen LogP contribution in [0.25, 0.3) is 0 Å². The second-order valence-electron chi connectivity index (χ2n) is 6.69. The lowest BCUT2D eigenvalue weighted by Crippen LogP contribution is -2.39. The van der Waals surface area contributed by atoms with Gasteiger partial charge in [0, 0.05) is 17.3 Å². The van der Waals surface area contributed by atoms with Crippen molar-refractivity contribution in [3.8, 4) is 0 Å². The zero-order chi connectivity index (χ0) is 19.4. The molecule has 2 atom stereocenters. The van der Waals surface area contributed by atoms with E-state index in [1.54, 1.807) is 12.1 Å². The molecule has 4 N–H and O–H groups in total. The number of nitrogens with one attached hydrogen (secondary N) is 4. The average molecular weight is 387 g/mol. The largest absolute Gasteiger partial charge is 0.347 e. The molecule has 1 aliphatic heterocycles. The van der Waals surface area contributed by atoms with E-state index in [0.717, 1.165) is 22.4 Å². The molecule has 0 bridgehead atoms. The molecule has 7 heteroatoms. The average Bonchev–Trinajstić information content (AvgIpc) is 3.13. The molecule has 2 unspecified atom stereocenters. The van der Waals surface area contributed by atoms with Crippen molar-refractivity contribution in [1.82, 2.24) is 16.2 Å². The first-order valence-corrected chi connectivity index (χ1v) is 9.21. The van der Waals surface area contributed by atoms with Crippen LogP contribution in [0.3, 0.4) is 0 Å². The Hall–Kier alpha value is -2.41. The van der Waals surface area contributed by atoms with Crippen LogP contribution in [0.1, 0.15) is 22.7 Å². The fourth-order valence-corrected chi connectivity index (χ4v) is 3.35. The summed E-state index contributed by atoms with van der Waals surface area (Å²) in [7, 11) is 0. The van der Waals surface area contributed by atoms with Crippen LogP contribution in [-0.4, -0.2) is 24.9 Å². The zero-order valence-corrected chi connectivity index (χ0v) is 16.1. The maximum atomic E-state index is 12.6. The van der Waals surface area contributed by atoms with E-state index in [2.05, 4.69) is 21.5 Å². The molecule has 2 aromatic rings. The molecule has 1 heterocycles. The number of carbonyl (C=O) groups excluding carboxylic acids is 2. The predicted octanol–water partition coefficient (Wildman–Crippen LogP) is 2.48. The molecular formula is C20H23ClN4O2. The fourth-order valence-electron chi connectivity index (χ4n) is 3.22. The molecule has 1 fully saturated rings. The number of hydrazine groups is 1. The summed E-state index contributed by atoms with van der Waals surface area (Å²) in [4.78, 5) is 24.8. The Kier molecular flexibility index (Phi) is 6.11. The van der Waals surface area contributed by atoms with Crippen LogP contribution in [0.5, 0.6) is 0 Å². The maximum Gasteiger partial charge on any atom is 0.243 e.